The first-order chi connectivity index (χ1) is 17.8. The fourth-order valence-corrected chi connectivity index (χ4v) is 5.79. The van der Waals surface area contributed by atoms with Crippen LogP contribution in [0.1, 0.15) is 57.2 Å². The minimum Gasteiger partial charge on any atom is -0.496 e. The Morgan fingerprint density at radius 1 is 1.05 bits per heavy atom. The third-order valence-corrected chi connectivity index (χ3v) is 8.02. The summed E-state index contributed by atoms with van der Waals surface area (Å²) in [5.41, 5.74) is 5.37. The number of piperazine rings is 1. The fourth-order valence-electron chi connectivity index (χ4n) is 5.79. The maximum absolute atomic E-state index is 13.3. The molecule has 1 aromatic heterocycles. The van der Waals surface area contributed by atoms with Crippen molar-refractivity contribution in [2.45, 2.75) is 66.5 Å². The van der Waals surface area contributed by atoms with Gasteiger partial charge in [-0.15, -0.1) is 0 Å². The Balaban J connectivity index is 1.60. The molecule has 2 aliphatic rings. The topological polar surface area (TPSA) is 64.0 Å². The molecule has 7 heteroatoms. The molecule has 0 unspecified atom stereocenters. The summed E-state index contributed by atoms with van der Waals surface area (Å²) in [5.74, 6) is 1.69. The molecule has 0 bridgehead atoms. The molecule has 206 valence electrons. The van der Waals surface area contributed by atoms with Crippen molar-refractivity contribution in [2.24, 2.45) is 12.5 Å². The number of amides is 1. The molecular formula is C31H43N3O4. The maximum atomic E-state index is 13.3. The molecule has 2 fully saturated rings. The smallest absolute Gasteiger partial charge is 0.253 e. The third kappa shape index (κ3) is 5.39. The number of pyridine rings is 1. The van der Waals surface area contributed by atoms with Crippen LogP contribution in [-0.2, 0) is 18.4 Å². The summed E-state index contributed by atoms with van der Waals surface area (Å²) in [6, 6.07) is 4.08. The van der Waals surface area contributed by atoms with Gasteiger partial charge in [-0.3, -0.25) is 14.5 Å². The molecule has 2 heterocycles. The van der Waals surface area contributed by atoms with Crippen molar-refractivity contribution >= 4 is 5.91 Å². The van der Waals surface area contributed by atoms with Gasteiger partial charge in [0.2, 0.25) is 5.91 Å². The molecule has 1 spiro atoms. The zero-order valence-electron chi connectivity index (χ0n) is 24.5. The number of methoxy groups -OCH3 is 2. The van der Waals surface area contributed by atoms with Crippen molar-refractivity contribution in [3.05, 3.63) is 57.0 Å². The summed E-state index contributed by atoms with van der Waals surface area (Å²) >= 11 is 0. The Hall–Kier alpha value is -3.06. The SMILES string of the molecule is COc1cc(-c2cn(C)c(=O)c(C)c2C)cc(OC)c1CN1CCN(C(=O)/C(C)=C/C(C)(C)C)C2(CC2)C1. The van der Waals surface area contributed by atoms with E-state index in [1.807, 2.05) is 39.1 Å². The van der Waals surface area contributed by atoms with Gasteiger partial charge in [0.15, 0.2) is 0 Å². The second kappa shape index (κ2) is 10.3. The van der Waals surface area contributed by atoms with Crippen LogP contribution in [0.4, 0.5) is 0 Å². The van der Waals surface area contributed by atoms with E-state index in [4.69, 9.17) is 9.47 Å². The highest BCUT2D eigenvalue weighted by atomic mass is 16.5. The van der Waals surface area contributed by atoms with Crippen LogP contribution in [0.15, 0.2) is 34.8 Å². The molecular weight excluding hydrogens is 478 g/mol. The Bertz CT molecular complexity index is 1300. The summed E-state index contributed by atoms with van der Waals surface area (Å²) in [7, 11) is 5.15. The minimum atomic E-state index is -0.0772. The number of aryl methyl sites for hydroxylation is 1. The van der Waals surface area contributed by atoms with Crippen LogP contribution in [0.25, 0.3) is 11.1 Å². The van der Waals surface area contributed by atoms with Gasteiger partial charge in [0, 0.05) is 56.1 Å². The van der Waals surface area contributed by atoms with E-state index in [0.29, 0.717) is 13.1 Å². The third-order valence-electron chi connectivity index (χ3n) is 8.02. The lowest BCUT2D eigenvalue weighted by molar-refractivity contribution is -0.133. The Morgan fingerprint density at radius 2 is 1.66 bits per heavy atom. The van der Waals surface area contributed by atoms with E-state index in [1.165, 1.54) is 0 Å². The van der Waals surface area contributed by atoms with Gasteiger partial charge in [0.25, 0.3) is 5.56 Å². The maximum Gasteiger partial charge on any atom is 0.253 e. The van der Waals surface area contributed by atoms with Gasteiger partial charge in [0.05, 0.1) is 25.3 Å². The number of benzene rings is 1. The van der Waals surface area contributed by atoms with E-state index >= 15 is 0 Å². The molecule has 1 aliphatic heterocycles. The number of hydrogen-bond donors (Lipinski definition) is 0. The minimum absolute atomic E-state index is 0.0116. The van der Waals surface area contributed by atoms with Crippen molar-refractivity contribution in [1.29, 1.82) is 0 Å². The predicted molar refractivity (Wildman–Crippen MR) is 152 cm³/mol. The van der Waals surface area contributed by atoms with Crippen molar-refractivity contribution in [3.63, 3.8) is 0 Å². The number of allylic oxidation sites excluding steroid dienone is 1. The van der Waals surface area contributed by atoms with Crippen LogP contribution in [0.2, 0.25) is 0 Å². The lowest BCUT2D eigenvalue weighted by Gasteiger charge is -2.42. The zero-order chi connectivity index (χ0) is 28.0. The number of ether oxygens (including phenoxy) is 2. The average Bonchev–Trinajstić information content (AvgIpc) is 3.62. The van der Waals surface area contributed by atoms with Crippen molar-refractivity contribution < 1.29 is 14.3 Å². The monoisotopic (exact) mass is 521 g/mol. The molecule has 0 N–H and O–H groups in total. The molecule has 4 rings (SSSR count). The molecule has 1 saturated heterocycles. The first kappa shape index (κ1) is 28.0. The summed E-state index contributed by atoms with van der Waals surface area (Å²) < 4.78 is 13.4. The van der Waals surface area contributed by atoms with Crippen molar-refractivity contribution in [2.75, 3.05) is 33.9 Å². The van der Waals surface area contributed by atoms with E-state index in [1.54, 1.807) is 25.8 Å². The molecule has 1 saturated carbocycles. The molecule has 1 amide bonds. The second-order valence-electron chi connectivity index (χ2n) is 12.2. The van der Waals surface area contributed by atoms with Crippen LogP contribution in [-0.4, -0.2) is 59.7 Å². The van der Waals surface area contributed by atoms with E-state index < -0.39 is 0 Å². The molecule has 7 nitrogen and oxygen atoms in total. The number of carbonyl (C=O) groups excluding carboxylic acids is 1. The van der Waals surface area contributed by atoms with E-state index in [9.17, 15) is 9.59 Å². The Kier molecular flexibility index (Phi) is 7.54. The second-order valence-corrected chi connectivity index (χ2v) is 12.2. The summed E-state index contributed by atoms with van der Waals surface area (Å²) in [5, 5.41) is 0. The highest BCUT2D eigenvalue weighted by molar-refractivity contribution is 5.94. The van der Waals surface area contributed by atoms with Crippen LogP contribution in [0, 0.1) is 19.3 Å². The first-order valence-corrected chi connectivity index (χ1v) is 13.5. The van der Waals surface area contributed by atoms with Gasteiger partial charge < -0.3 is 18.9 Å². The van der Waals surface area contributed by atoms with Crippen LogP contribution in [0.3, 0.4) is 0 Å². The summed E-state index contributed by atoms with van der Waals surface area (Å²) in [6.07, 6.45) is 6.04. The van der Waals surface area contributed by atoms with Gasteiger partial charge in [0.1, 0.15) is 11.5 Å². The highest BCUT2D eigenvalue weighted by Gasteiger charge is 2.53. The summed E-state index contributed by atoms with van der Waals surface area (Å²) in [6.45, 7) is 15.2. The normalized spacial score (nSPS) is 17.6. The Morgan fingerprint density at radius 3 is 2.18 bits per heavy atom. The highest BCUT2D eigenvalue weighted by Crippen LogP contribution is 2.46. The number of carbonyl (C=O) groups is 1. The number of hydrogen-bond acceptors (Lipinski definition) is 5. The van der Waals surface area contributed by atoms with E-state index in [0.717, 1.165) is 70.8 Å². The zero-order valence-corrected chi connectivity index (χ0v) is 24.5. The van der Waals surface area contributed by atoms with Crippen molar-refractivity contribution in [3.8, 4) is 22.6 Å². The standard InChI is InChI=1S/C31H43N3O4/c1-20(16-30(4,5)6)28(35)34-13-12-33(19-31(34)10-11-31)18-25-26(37-8)14-23(15-27(25)38-9)24-17-32(7)29(36)22(3)21(24)2/h14-17H,10-13,18-19H2,1-9H3/b20-16+. The van der Waals surface area contributed by atoms with Crippen LogP contribution in [0.5, 0.6) is 11.5 Å². The molecule has 1 aromatic carbocycles. The largest absolute Gasteiger partial charge is 0.496 e. The summed E-state index contributed by atoms with van der Waals surface area (Å²) in [4.78, 5) is 30.3. The number of aromatic nitrogens is 1. The molecule has 2 aromatic rings. The van der Waals surface area contributed by atoms with Gasteiger partial charge in [-0.1, -0.05) is 26.8 Å². The van der Waals surface area contributed by atoms with Crippen LogP contribution < -0.4 is 15.0 Å². The quantitative estimate of drug-likeness (QED) is 0.508. The molecule has 38 heavy (non-hydrogen) atoms. The molecule has 0 radical (unpaired) electrons. The van der Waals surface area contributed by atoms with E-state index in [2.05, 4.69) is 36.6 Å². The van der Waals surface area contributed by atoms with E-state index in [-0.39, 0.29) is 22.4 Å². The molecule has 0 atom stereocenters. The van der Waals surface area contributed by atoms with Gasteiger partial charge in [-0.25, -0.2) is 0 Å². The van der Waals surface area contributed by atoms with Gasteiger partial charge >= 0.3 is 0 Å². The predicted octanol–water partition coefficient (Wildman–Crippen LogP) is 4.86. The average molecular weight is 522 g/mol. The lowest BCUT2D eigenvalue weighted by Crippen LogP contribution is -2.56. The molecule has 1 aliphatic carbocycles. The van der Waals surface area contributed by atoms with Gasteiger partial charge in [-0.05, 0) is 62.3 Å². The van der Waals surface area contributed by atoms with Crippen molar-refractivity contribution in [1.82, 2.24) is 14.4 Å². The fraction of sp³-hybridized carbons (Fsp3) is 0.548. The first-order valence-electron chi connectivity index (χ1n) is 13.5. The lowest BCUT2D eigenvalue weighted by atomic mass is 9.93. The number of nitrogens with zero attached hydrogens (tertiary/aromatic N) is 3. The Labute approximate surface area is 227 Å². The number of rotatable bonds is 6. The van der Waals surface area contributed by atoms with Gasteiger partial charge in [-0.2, -0.15) is 0 Å². The van der Waals surface area contributed by atoms with Crippen LogP contribution >= 0.6 is 0 Å².